The van der Waals surface area contributed by atoms with Crippen LogP contribution in [0.4, 0.5) is 0 Å². The van der Waals surface area contributed by atoms with E-state index in [2.05, 4.69) is 57.6 Å². The van der Waals surface area contributed by atoms with Crippen molar-refractivity contribution in [1.82, 2.24) is 10.2 Å². The Kier molecular flexibility index (Phi) is 4.32. The Hall–Kier alpha value is -2.19. The van der Waals surface area contributed by atoms with E-state index < -0.39 is 5.54 Å². The number of likely N-dealkylation sites (N-methyl/N-ethyl adjacent to an activating group) is 1. The maximum absolute atomic E-state index is 13.2. The summed E-state index contributed by atoms with van der Waals surface area (Å²) in [5.74, 6) is -0.0206. The van der Waals surface area contributed by atoms with Gasteiger partial charge in [-0.05, 0) is 62.9 Å². The summed E-state index contributed by atoms with van der Waals surface area (Å²) < 4.78 is 1.17. The molecule has 4 rings (SSSR count). The molecule has 0 spiro atoms. The highest BCUT2D eigenvalue weighted by atomic mass is 127. The van der Waals surface area contributed by atoms with E-state index in [1.807, 2.05) is 36.4 Å². The van der Waals surface area contributed by atoms with Crippen molar-refractivity contribution in [3.63, 3.8) is 0 Å². The van der Waals surface area contributed by atoms with Crippen molar-refractivity contribution in [2.75, 3.05) is 7.05 Å². The van der Waals surface area contributed by atoms with Crippen molar-refractivity contribution in [3.8, 4) is 11.1 Å². The third-order valence-electron chi connectivity index (χ3n) is 4.60. The highest BCUT2D eigenvalue weighted by Gasteiger charge is 2.51. The number of carbonyl (C=O) groups is 1. The van der Waals surface area contributed by atoms with Gasteiger partial charge in [0.25, 0.3) is 5.91 Å². The first-order valence-electron chi connectivity index (χ1n) is 8.08. The van der Waals surface area contributed by atoms with E-state index >= 15 is 0 Å². The second kappa shape index (κ2) is 6.51. The molecule has 1 unspecified atom stereocenters. The first-order valence-corrected chi connectivity index (χ1v) is 10.0. The molecular weight excluding hydrogens is 457 g/mol. The minimum absolute atomic E-state index is 0.114. The standard InChI is InChI=1S/C20H16IN3OS/c1-24-18(25)20(23-19(24)22,15-7-3-2-4-8-15)17-11-14(12-26-17)13-6-5-9-16(21)10-13/h2-12H,1H3,(H2,22,23). The van der Waals surface area contributed by atoms with Gasteiger partial charge in [-0.3, -0.25) is 15.1 Å². The molecule has 3 aromatic rings. The molecule has 0 radical (unpaired) electrons. The van der Waals surface area contributed by atoms with Gasteiger partial charge in [-0.15, -0.1) is 11.3 Å². The van der Waals surface area contributed by atoms with Gasteiger partial charge in [-0.25, -0.2) is 0 Å². The molecule has 4 nitrogen and oxygen atoms in total. The average molecular weight is 473 g/mol. The number of nitrogens with one attached hydrogen (secondary N) is 2. The maximum atomic E-state index is 13.2. The first kappa shape index (κ1) is 17.2. The van der Waals surface area contributed by atoms with Crippen molar-refractivity contribution in [1.29, 1.82) is 5.41 Å². The molecule has 130 valence electrons. The van der Waals surface area contributed by atoms with Crippen LogP contribution in [0, 0.1) is 8.98 Å². The summed E-state index contributed by atoms with van der Waals surface area (Å²) in [6.45, 7) is 0. The van der Waals surface area contributed by atoms with Gasteiger partial charge in [0.1, 0.15) is 0 Å². The molecule has 1 fully saturated rings. The van der Waals surface area contributed by atoms with Gasteiger partial charge < -0.3 is 5.32 Å². The van der Waals surface area contributed by atoms with Crippen LogP contribution in [-0.2, 0) is 10.3 Å². The van der Waals surface area contributed by atoms with Crippen molar-refractivity contribution in [3.05, 3.63) is 80.1 Å². The predicted octanol–water partition coefficient (Wildman–Crippen LogP) is 4.26. The van der Waals surface area contributed by atoms with Crippen molar-refractivity contribution >= 4 is 45.8 Å². The summed E-state index contributed by atoms with van der Waals surface area (Å²) in [4.78, 5) is 15.4. The summed E-state index contributed by atoms with van der Waals surface area (Å²) in [5.41, 5.74) is 2.00. The highest BCUT2D eigenvalue weighted by molar-refractivity contribution is 14.1. The smallest absolute Gasteiger partial charge is 0.265 e. The summed E-state index contributed by atoms with van der Waals surface area (Å²) in [6.07, 6.45) is 0. The SMILES string of the molecule is CN1C(=N)NC(c2ccccc2)(c2cc(-c3cccc(I)c3)cs2)C1=O. The Balaban J connectivity index is 1.87. The van der Waals surface area contributed by atoms with E-state index in [4.69, 9.17) is 5.41 Å². The van der Waals surface area contributed by atoms with Crippen LogP contribution in [0.5, 0.6) is 0 Å². The van der Waals surface area contributed by atoms with Crippen LogP contribution in [0.3, 0.4) is 0 Å². The molecule has 0 saturated carbocycles. The lowest BCUT2D eigenvalue weighted by molar-refractivity contribution is -0.129. The molecule has 6 heteroatoms. The van der Waals surface area contributed by atoms with Gasteiger partial charge >= 0.3 is 0 Å². The summed E-state index contributed by atoms with van der Waals surface area (Å²) in [5, 5.41) is 13.4. The molecule has 0 bridgehead atoms. The number of rotatable bonds is 3. The highest BCUT2D eigenvalue weighted by Crippen LogP contribution is 2.40. The van der Waals surface area contributed by atoms with Crippen LogP contribution in [-0.4, -0.2) is 23.8 Å². The number of hydrogen-bond donors (Lipinski definition) is 2. The van der Waals surface area contributed by atoms with Gasteiger partial charge in [0.15, 0.2) is 11.5 Å². The first-order chi connectivity index (χ1) is 12.5. The van der Waals surface area contributed by atoms with Gasteiger partial charge in [-0.1, -0.05) is 42.5 Å². The summed E-state index contributed by atoms with van der Waals surface area (Å²) >= 11 is 3.84. The predicted molar refractivity (Wildman–Crippen MR) is 113 cm³/mol. The van der Waals surface area contributed by atoms with Crippen LogP contribution in [0.1, 0.15) is 10.4 Å². The van der Waals surface area contributed by atoms with Crippen LogP contribution in [0.15, 0.2) is 66.0 Å². The monoisotopic (exact) mass is 473 g/mol. The van der Waals surface area contributed by atoms with Crippen molar-refractivity contribution < 1.29 is 4.79 Å². The summed E-state index contributed by atoms with van der Waals surface area (Å²) in [6, 6.07) is 20.0. The van der Waals surface area contributed by atoms with Crippen LogP contribution < -0.4 is 5.32 Å². The molecule has 26 heavy (non-hydrogen) atoms. The van der Waals surface area contributed by atoms with Crippen molar-refractivity contribution in [2.45, 2.75) is 5.54 Å². The quantitative estimate of drug-likeness (QED) is 0.559. The lowest BCUT2D eigenvalue weighted by Crippen LogP contribution is -2.44. The van der Waals surface area contributed by atoms with Gasteiger partial charge in [0.05, 0.1) is 0 Å². The minimum atomic E-state index is -1.04. The van der Waals surface area contributed by atoms with E-state index in [1.54, 1.807) is 7.05 Å². The van der Waals surface area contributed by atoms with E-state index in [0.717, 1.165) is 21.6 Å². The number of amides is 1. The molecule has 1 atom stereocenters. The molecule has 1 amide bonds. The fourth-order valence-corrected chi connectivity index (χ4v) is 4.84. The number of carbonyl (C=O) groups excluding carboxylic acids is 1. The molecule has 1 aromatic heterocycles. The van der Waals surface area contributed by atoms with Crippen LogP contribution >= 0.6 is 33.9 Å². The maximum Gasteiger partial charge on any atom is 0.265 e. The topological polar surface area (TPSA) is 56.2 Å². The van der Waals surface area contributed by atoms with Gasteiger partial charge in [0, 0.05) is 15.5 Å². The zero-order valence-corrected chi connectivity index (χ0v) is 17.0. The Bertz CT molecular complexity index is 1000. The number of guanidine groups is 1. The molecule has 1 saturated heterocycles. The van der Waals surface area contributed by atoms with Gasteiger partial charge in [0.2, 0.25) is 0 Å². The molecule has 1 aliphatic heterocycles. The molecule has 1 aliphatic rings. The summed E-state index contributed by atoms with van der Waals surface area (Å²) in [7, 11) is 1.64. The third-order valence-corrected chi connectivity index (χ3v) is 6.32. The molecule has 2 aromatic carbocycles. The van der Waals surface area contributed by atoms with E-state index in [-0.39, 0.29) is 11.9 Å². The number of halogens is 1. The average Bonchev–Trinajstić information content (AvgIpc) is 3.23. The fraction of sp³-hybridized carbons (Fsp3) is 0.100. The van der Waals surface area contributed by atoms with E-state index in [1.165, 1.54) is 19.8 Å². The van der Waals surface area contributed by atoms with Crippen molar-refractivity contribution in [2.24, 2.45) is 0 Å². The number of hydrogen-bond acceptors (Lipinski definition) is 3. The largest absolute Gasteiger partial charge is 0.334 e. The Morgan fingerprint density at radius 1 is 1.08 bits per heavy atom. The number of benzene rings is 2. The lowest BCUT2D eigenvalue weighted by Gasteiger charge is -2.26. The molecule has 0 aliphatic carbocycles. The second-order valence-corrected chi connectivity index (χ2v) is 8.32. The Morgan fingerprint density at radius 3 is 2.50 bits per heavy atom. The number of nitrogens with zero attached hydrogens (tertiary/aromatic N) is 1. The molecular formula is C20H16IN3OS. The van der Waals surface area contributed by atoms with E-state index in [9.17, 15) is 4.79 Å². The third kappa shape index (κ3) is 2.64. The van der Waals surface area contributed by atoms with Gasteiger partial charge in [-0.2, -0.15) is 0 Å². The Labute approximate surface area is 169 Å². The normalized spacial score (nSPS) is 19.7. The molecule has 2 N–H and O–H groups in total. The fourth-order valence-electron chi connectivity index (χ4n) is 3.21. The zero-order chi connectivity index (χ0) is 18.3. The second-order valence-electron chi connectivity index (χ2n) is 6.16. The molecule has 2 heterocycles. The van der Waals surface area contributed by atoms with Crippen LogP contribution in [0.25, 0.3) is 11.1 Å². The number of thiophene rings is 1. The lowest BCUT2D eigenvalue weighted by atomic mass is 9.87. The van der Waals surface area contributed by atoms with Crippen LogP contribution in [0.2, 0.25) is 0 Å². The van der Waals surface area contributed by atoms with E-state index in [0.29, 0.717) is 0 Å². The zero-order valence-electron chi connectivity index (χ0n) is 14.0. The minimum Gasteiger partial charge on any atom is -0.334 e. The Morgan fingerprint density at radius 2 is 1.85 bits per heavy atom.